The first-order chi connectivity index (χ1) is 11.5. The lowest BCUT2D eigenvalue weighted by molar-refractivity contribution is 0.445. The predicted octanol–water partition coefficient (Wildman–Crippen LogP) is 1.99. The highest BCUT2D eigenvalue weighted by atomic mass is 127. The van der Waals surface area contributed by atoms with Crippen LogP contribution in [0.4, 0.5) is 0 Å². The lowest BCUT2D eigenvalue weighted by Gasteiger charge is -2.18. The number of nitrogens with zero attached hydrogens (tertiary/aromatic N) is 2. The molecule has 0 bridgehead atoms. The average molecular weight is 498 g/mol. The van der Waals surface area contributed by atoms with Crippen molar-refractivity contribution >= 4 is 51.7 Å². The van der Waals surface area contributed by atoms with Crippen molar-refractivity contribution in [3.63, 3.8) is 0 Å². The van der Waals surface area contributed by atoms with Crippen LogP contribution in [-0.4, -0.2) is 62.9 Å². The van der Waals surface area contributed by atoms with Gasteiger partial charge in [0, 0.05) is 43.4 Å². The fourth-order valence-electron chi connectivity index (χ4n) is 2.48. The van der Waals surface area contributed by atoms with Gasteiger partial charge in [0.15, 0.2) is 5.96 Å². The van der Waals surface area contributed by atoms with Crippen molar-refractivity contribution in [1.82, 2.24) is 14.9 Å². The Kier molecular flexibility index (Phi) is 10.1. The number of rotatable bonds is 7. The zero-order chi connectivity index (χ0) is 17.4. The van der Waals surface area contributed by atoms with E-state index in [-0.39, 0.29) is 29.7 Å². The van der Waals surface area contributed by atoms with Gasteiger partial charge in [-0.05, 0) is 18.6 Å². The molecule has 1 heterocycles. The minimum Gasteiger partial charge on any atom is -0.355 e. The summed E-state index contributed by atoms with van der Waals surface area (Å²) in [7, 11) is -1.30. The Morgan fingerprint density at radius 2 is 2.04 bits per heavy atom. The van der Waals surface area contributed by atoms with Gasteiger partial charge in [-0.25, -0.2) is 12.7 Å². The van der Waals surface area contributed by atoms with Crippen LogP contribution in [0.3, 0.4) is 0 Å². The molecule has 2 rings (SSSR count). The third-order valence-corrected chi connectivity index (χ3v) is 6.79. The normalized spacial score (nSPS) is 18.4. The van der Waals surface area contributed by atoms with Crippen LogP contribution < -0.4 is 10.6 Å². The van der Waals surface area contributed by atoms with Crippen LogP contribution in [0.15, 0.2) is 40.2 Å². The first-order valence-corrected chi connectivity index (χ1v) is 10.6. The van der Waals surface area contributed by atoms with Crippen molar-refractivity contribution in [3.8, 4) is 0 Å². The van der Waals surface area contributed by atoms with Crippen LogP contribution in [-0.2, 0) is 10.0 Å². The van der Waals surface area contributed by atoms with Crippen LogP contribution in [0.2, 0.25) is 0 Å². The maximum absolute atomic E-state index is 11.7. The summed E-state index contributed by atoms with van der Waals surface area (Å²) < 4.78 is 25.0. The van der Waals surface area contributed by atoms with E-state index in [9.17, 15) is 8.42 Å². The zero-order valence-electron chi connectivity index (χ0n) is 14.6. The van der Waals surface area contributed by atoms with Crippen LogP contribution in [0.5, 0.6) is 0 Å². The van der Waals surface area contributed by atoms with Gasteiger partial charge in [0.05, 0.1) is 5.75 Å². The van der Waals surface area contributed by atoms with E-state index in [4.69, 9.17) is 0 Å². The van der Waals surface area contributed by atoms with Crippen molar-refractivity contribution in [1.29, 1.82) is 0 Å². The molecule has 1 aliphatic heterocycles. The number of hydrogen-bond acceptors (Lipinski definition) is 4. The van der Waals surface area contributed by atoms with Crippen LogP contribution in [0.1, 0.15) is 13.3 Å². The molecule has 1 aromatic carbocycles. The molecule has 2 N–H and O–H groups in total. The van der Waals surface area contributed by atoms with Crippen molar-refractivity contribution in [2.24, 2.45) is 4.99 Å². The largest absolute Gasteiger partial charge is 0.355 e. The van der Waals surface area contributed by atoms with Crippen LogP contribution >= 0.6 is 35.7 Å². The first-order valence-electron chi connectivity index (χ1n) is 8.15. The number of aliphatic imine (C=N–C) groups is 1. The molecule has 0 aliphatic carbocycles. The Hall–Kier alpha value is -0.520. The third-order valence-electron chi connectivity index (χ3n) is 3.72. The Bertz CT molecular complexity index is 641. The Morgan fingerprint density at radius 3 is 2.64 bits per heavy atom. The molecule has 0 aromatic heterocycles. The van der Waals surface area contributed by atoms with E-state index in [1.807, 2.05) is 30.0 Å². The molecular formula is C16H27IN4O2S2. The van der Waals surface area contributed by atoms with E-state index in [0.29, 0.717) is 30.8 Å². The summed E-state index contributed by atoms with van der Waals surface area (Å²) in [6, 6.07) is 10.3. The standard InChI is InChI=1S/C16H26N4O2S2.HI/c1-14(23-15-7-4-3-5-8-15)13-19-16(17-2)18-9-11-20-10-6-12-24(20,21)22;/h3-5,7-8,14H,6,9-13H2,1-2H3,(H2,17,18,19);1H. The molecule has 9 heteroatoms. The van der Waals surface area contributed by atoms with E-state index >= 15 is 0 Å². The van der Waals surface area contributed by atoms with Crippen LogP contribution in [0, 0.1) is 0 Å². The number of benzene rings is 1. The summed E-state index contributed by atoms with van der Waals surface area (Å²) in [4.78, 5) is 5.43. The Labute approximate surface area is 172 Å². The molecule has 1 fully saturated rings. The average Bonchev–Trinajstić information content (AvgIpc) is 2.90. The smallest absolute Gasteiger partial charge is 0.214 e. The summed E-state index contributed by atoms with van der Waals surface area (Å²) in [5.41, 5.74) is 0. The number of guanidine groups is 1. The van der Waals surface area contributed by atoms with E-state index in [2.05, 4.69) is 34.7 Å². The van der Waals surface area contributed by atoms with E-state index in [0.717, 1.165) is 13.0 Å². The highest BCUT2D eigenvalue weighted by Crippen LogP contribution is 2.21. The van der Waals surface area contributed by atoms with E-state index in [1.54, 1.807) is 11.4 Å². The van der Waals surface area contributed by atoms with E-state index in [1.165, 1.54) is 4.90 Å². The minimum atomic E-state index is -3.02. The maximum atomic E-state index is 11.7. The molecule has 1 unspecified atom stereocenters. The van der Waals surface area contributed by atoms with Gasteiger partial charge >= 0.3 is 0 Å². The molecule has 1 aromatic rings. The summed E-state index contributed by atoms with van der Waals surface area (Å²) in [6.45, 7) is 4.60. The summed E-state index contributed by atoms with van der Waals surface area (Å²) >= 11 is 1.81. The van der Waals surface area contributed by atoms with E-state index < -0.39 is 10.0 Å². The second-order valence-electron chi connectivity index (χ2n) is 5.69. The third kappa shape index (κ3) is 7.71. The fraction of sp³-hybridized carbons (Fsp3) is 0.562. The van der Waals surface area contributed by atoms with Gasteiger partial charge in [-0.2, -0.15) is 0 Å². The molecule has 1 aliphatic rings. The van der Waals surface area contributed by atoms with Gasteiger partial charge in [-0.3, -0.25) is 4.99 Å². The lowest BCUT2D eigenvalue weighted by Crippen LogP contribution is -2.43. The van der Waals surface area contributed by atoms with Crippen molar-refractivity contribution in [2.75, 3.05) is 39.0 Å². The van der Waals surface area contributed by atoms with Gasteiger partial charge in [-0.15, -0.1) is 35.7 Å². The second kappa shape index (κ2) is 11.2. The van der Waals surface area contributed by atoms with Gasteiger partial charge in [0.1, 0.15) is 0 Å². The van der Waals surface area contributed by atoms with Gasteiger partial charge in [0.2, 0.25) is 10.0 Å². The van der Waals surface area contributed by atoms with Crippen molar-refractivity contribution < 1.29 is 8.42 Å². The van der Waals surface area contributed by atoms with Crippen LogP contribution in [0.25, 0.3) is 0 Å². The topological polar surface area (TPSA) is 73.8 Å². The second-order valence-corrected chi connectivity index (χ2v) is 9.29. The molecule has 0 spiro atoms. The first kappa shape index (κ1) is 22.5. The number of hydrogen-bond donors (Lipinski definition) is 2. The summed E-state index contributed by atoms with van der Waals surface area (Å²) in [5.74, 6) is 0.973. The number of halogens is 1. The molecular weight excluding hydrogens is 471 g/mol. The van der Waals surface area contributed by atoms with Gasteiger partial charge in [-0.1, -0.05) is 25.1 Å². The molecule has 1 saturated heterocycles. The predicted molar refractivity (Wildman–Crippen MR) is 117 cm³/mol. The monoisotopic (exact) mass is 498 g/mol. The number of thioether (sulfide) groups is 1. The van der Waals surface area contributed by atoms with Gasteiger partial charge in [0.25, 0.3) is 0 Å². The molecule has 142 valence electrons. The fourth-order valence-corrected chi connectivity index (χ4v) is 4.95. The SMILES string of the molecule is CN=C(NCCN1CCCS1(=O)=O)NCC(C)Sc1ccccc1.I. The molecule has 25 heavy (non-hydrogen) atoms. The van der Waals surface area contributed by atoms with Gasteiger partial charge < -0.3 is 10.6 Å². The molecule has 1 atom stereocenters. The maximum Gasteiger partial charge on any atom is 0.214 e. The summed E-state index contributed by atoms with van der Waals surface area (Å²) in [5, 5.41) is 6.86. The number of nitrogens with one attached hydrogen (secondary N) is 2. The lowest BCUT2D eigenvalue weighted by atomic mass is 10.4. The molecule has 0 amide bonds. The Balaban J connectivity index is 0.00000312. The van der Waals surface area contributed by atoms with Crippen molar-refractivity contribution in [3.05, 3.63) is 30.3 Å². The molecule has 6 nitrogen and oxygen atoms in total. The molecule has 0 saturated carbocycles. The zero-order valence-corrected chi connectivity index (χ0v) is 18.6. The Morgan fingerprint density at radius 1 is 1.32 bits per heavy atom. The highest BCUT2D eigenvalue weighted by Gasteiger charge is 2.27. The quantitative estimate of drug-likeness (QED) is 0.261. The number of sulfonamides is 1. The highest BCUT2D eigenvalue weighted by molar-refractivity contribution is 14.0. The minimum absolute atomic E-state index is 0. The summed E-state index contributed by atoms with van der Waals surface area (Å²) in [6.07, 6.45) is 0.726. The molecule has 0 radical (unpaired) electrons. The van der Waals surface area contributed by atoms with Crippen molar-refractivity contribution in [2.45, 2.75) is 23.5 Å².